The lowest BCUT2D eigenvalue weighted by Gasteiger charge is -2.33. The molecule has 1 aliphatic rings. The molecular formula is C25H39N7O5. The molecule has 0 radical (unpaired) electrons. The number of aromatic nitrogens is 2. The Hall–Kier alpha value is -3.03. The summed E-state index contributed by atoms with van der Waals surface area (Å²) in [6.45, 7) is 4.60. The second-order valence-electron chi connectivity index (χ2n) is 8.88. The van der Waals surface area contributed by atoms with Crippen LogP contribution < -0.4 is 21.7 Å². The maximum atomic E-state index is 12.2. The van der Waals surface area contributed by atoms with Crippen LogP contribution in [-0.2, 0) is 25.6 Å². The van der Waals surface area contributed by atoms with Crippen LogP contribution >= 0.6 is 0 Å². The molecule has 3 rings (SSSR count). The van der Waals surface area contributed by atoms with Gasteiger partial charge in [-0.15, -0.1) is 0 Å². The number of fused-ring (bicyclic) bond motifs is 1. The van der Waals surface area contributed by atoms with E-state index >= 15 is 0 Å². The molecule has 3 atom stereocenters. The predicted molar refractivity (Wildman–Crippen MR) is 140 cm³/mol. The standard InChI is InChI=1S/C25H39N7O5/c1-18(33)37-21(32-17-30-23-24(27)28-16-29-25(23)32)13-20(35-2)14-31(12-10-26)11-6-9-22(34)36-15-19-7-4-3-5-8-19/h3-5,7-8,16,18,20-21,30,33H,6,9-15,17,26H2,1-2H3,(H2,27,28,29)/t18?,20-,21?/m0/s1. The molecule has 0 bridgehead atoms. The van der Waals surface area contributed by atoms with Crippen LogP contribution in [0.3, 0.4) is 0 Å². The number of benzene rings is 1. The topological polar surface area (TPSA) is 161 Å². The van der Waals surface area contributed by atoms with Crippen molar-refractivity contribution in [2.75, 3.05) is 55.9 Å². The van der Waals surface area contributed by atoms with E-state index in [0.717, 1.165) is 5.56 Å². The van der Waals surface area contributed by atoms with Gasteiger partial charge in [-0.3, -0.25) is 9.69 Å². The normalized spacial score (nSPS) is 15.2. The summed E-state index contributed by atoms with van der Waals surface area (Å²) in [5, 5.41) is 13.2. The van der Waals surface area contributed by atoms with E-state index in [0.29, 0.717) is 69.4 Å². The van der Waals surface area contributed by atoms with E-state index in [-0.39, 0.29) is 18.7 Å². The van der Waals surface area contributed by atoms with Gasteiger partial charge in [-0.05, 0) is 25.5 Å². The van der Waals surface area contributed by atoms with E-state index in [1.165, 1.54) is 6.33 Å². The van der Waals surface area contributed by atoms with Gasteiger partial charge in [0.1, 0.15) is 24.8 Å². The molecule has 37 heavy (non-hydrogen) atoms. The molecule has 1 aromatic carbocycles. The van der Waals surface area contributed by atoms with Crippen LogP contribution in [0.5, 0.6) is 0 Å². The molecule has 0 saturated heterocycles. The highest BCUT2D eigenvalue weighted by Crippen LogP contribution is 2.35. The molecule has 12 nitrogen and oxygen atoms in total. The predicted octanol–water partition coefficient (Wildman–Crippen LogP) is 1.12. The van der Waals surface area contributed by atoms with E-state index in [1.807, 2.05) is 35.2 Å². The molecule has 0 spiro atoms. The van der Waals surface area contributed by atoms with Crippen molar-refractivity contribution in [2.24, 2.45) is 5.73 Å². The largest absolute Gasteiger partial charge is 0.461 e. The molecular weight excluding hydrogens is 478 g/mol. The fraction of sp³-hybridized carbons (Fsp3) is 0.560. The second-order valence-corrected chi connectivity index (χ2v) is 8.88. The first kappa shape index (κ1) is 28.5. The monoisotopic (exact) mass is 517 g/mol. The zero-order valence-corrected chi connectivity index (χ0v) is 21.6. The van der Waals surface area contributed by atoms with Crippen molar-refractivity contribution in [3.05, 3.63) is 42.2 Å². The number of rotatable bonds is 16. The number of aliphatic hydroxyl groups excluding tert-OH is 1. The SMILES string of the molecule is CO[C@@H](CC(OC(C)O)N1CNc2c(N)ncnc21)CN(CCN)CCCC(=O)OCc1ccccc1. The highest BCUT2D eigenvalue weighted by atomic mass is 16.6. The van der Waals surface area contributed by atoms with E-state index < -0.39 is 12.5 Å². The minimum absolute atomic E-state index is 0.230. The number of methoxy groups -OCH3 is 1. The van der Waals surface area contributed by atoms with Crippen molar-refractivity contribution >= 4 is 23.3 Å². The summed E-state index contributed by atoms with van der Waals surface area (Å²) in [4.78, 5) is 24.6. The fourth-order valence-corrected chi connectivity index (χ4v) is 4.23. The highest BCUT2D eigenvalue weighted by Gasteiger charge is 2.32. The van der Waals surface area contributed by atoms with Gasteiger partial charge >= 0.3 is 5.97 Å². The second kappa shape index (κ2) is 14.6. The van der Waals surface area contributed by atoms with Crippen LogP contribution in [0, 0.1) is 0 Å². The quantitative estimate of drug-likeness (QED) is 0.186. The van der Waals surface area contributed by atoms with E-state index in [2.05, 4.69) is 20.2 Å². The summed E-state index contributed by atoms with van der Waals surface area (Å²) in [7, 11) is 1.64. The van der Waals surface area contributed by atoms with E-state index in [9.17, 15) is 9.90 Å². The van der Waals surface area contributed by atoms with Crippen molar-refractivity contribution in [2.45, 2.75) is 51.4 Å². The van der Waals surface area contributed by atoms with Crippen molar-refractivity contribution in [3.8, 4) is 0 Å². The lowest BCUT2D eigenvalue weighted by molar-refractivity contribution is -0.145. The number of anilines is 3. The Bertz CT molecular complexity index is 966. The summed E-state index contributed by atoms with van der Waals surface area (Å²) in [6, 6.07) is 9.61. The van der Waals surface area contributed by atoms with Crippen molar-refractivity contribution < 1.29 is 24.1 Å². The summed E-state index contributed by atoms with van der Waals surface area (Å²) >= 11 is 0. The third-order valence-corrected chi connectivity index (χ3v) is 6.06. The van der Waals surface area contributed by atoms with Gasteiger partial charge in [-0.1, -0.05) is 30.3 Å². The average Bonchev–Trinajstić information content (AvgIpc) is 3.32. The molecule has 6 N–H and O–H groups in total. The Morgan fingerprint density at radius 1 is 1.27 bits per heavy atom. The van der Waals surface area contributed by atoms with E-state index in [4.69, 9.17) is 25.7 Å². The maximum Gasteiger partial charge on any atom is 0.306 e. The van der Waals surface area contributed by atoms with Gasteiger partial charge in [0, 0.05) is 39.6 Å². The molecule has 1 aromatic heterocycles. The Labute approximate surface area is 217 Å². The molecule has 0 fully saturated rings. The number of nitrogens with one attached hydrogen (secondary N) is 1. The molecule has 2 unspecified atom stereocenters. The van der Waals surface area contributed by atoms with Crippen LogP contribution in [0.1, 0.15) is 31.7 Å². The summed E-state index contributed by atoms with van der Waals surface area (Å²) in [5.41, 5.74) is 13.4. The van der Waals surface area contributed by atoms with Gasteiger partial charge in [0.2, 0.25) is 0 Å². The molecule has 0 amide bonds. The van der Waals surface area contributed by atoms with Gasteiger partial charge in [0.25, 0.3) is 0 Å². The van der Waals surface area contributed by atoms with Crippen LogP contribution in [0.25, 0.3) is 0 Å². The Morgan fingerprint density at radius 3 is 2.76 bits per heavy atom. The van der Waals surface area contributed by atoms with Gasteiger partial charge < -0.3 is 41.0 Å². The number of nitrogen functional groups attached to an aromatic ring is 1. The van der Waals surface area contributed by atoms with Gasteiger partial charge in [-0.2, -0.15) is 0 Å². The molecule has 12 heteroatoms. The van der Waals surface area contributed by atoms with E-state index in [1.54, 1.807) is 14.0 Å². The van der Waals surface area contributed by atoms with Crippen LogP contribution in [0.2, 0.25) is 0 Å². The molecule has 2 heterocycles. The Balaban J connectivity index is 1.54. The van der Waals surface area contributed by atoms with Crippen LogP contribution in [0.15, 0.2) is 36.7 Å². The van der Waals surface area contributed by atoms with Gasteiger partial charge in [0.05, 0.1) is 12.8 Å². The first-order valence-corrected chi connectivity index (χ1v) is 12.5. The number of hydrogen-bond donors (Lipinski definition) is 4. The Kier molecular flexibility index (Phi) is 11.3. The lowest BCUT2D eigenvalue weighted by Crippen LogP contribution is -2.45. The zero-order valence-electron chi connectivity index (χ0n) is 21.6. The minimum atomic E-state index is -0.993. The third kappa shape index (κ3) is 8.79. The number of hydrogen-bond acceptors (Lipinski definition) is 12. The molecule has 2 aromatic rings. The summed E-state index contributed by atoms with van der Waals surface area (Å²) in [6.07, 6.45) is 1.05. The molecule has 1 aliphatic heterocycles. The van der Waals surface area contributed by atoms with Crippen LogP contribution in [0.4, 0.5) is 17.3 Å². The smallest absolute Gasteiger partial charge is 0.306 e. The first-order valence-electron chi connectivity index (χ1n) is 12.5. The van der Waals surface area contributed by atoms with Crippen molar-refractivity contribution in [3.63, 3.8) is 0 Å². The molecule has 204 valence electrons. The van der Waals surface area contributed by atoms with Gasteiger partial charge in [0.15, 0.2) is 17.9 Å². The molecule has 0 aliphatic carbocycles. The fourth-order valence-electron chi connectivity index (χ4n) is 4.23. The first-order chi connectivity index (χ1) is 17.9. The average molecular weight is 518 g/mol. The molecule has 0 saturated carbocycles. The number of esters is 1. The number of carbonyl (C=O) groups excluding carboxylic acids is 1. The number of nitrogens with zero attached hydrogens (tertiary/aromatic N) is 4. The summed E-state index contributed by atoms with van der Waals surface area (Å²) in [5.74, 6) is 0.732. The number of carbonyl (C=O) groups is 1. The van der Waals surface area contributed by atoms with Crippen molar-refractivity contribution in [1.82, 2.24) is 14.9 Å². The third-order valence-electron chi connectivity index (χ3n) is 6.06. The number of aliphatic hydroxyl groups is 1. The zero-order chi connectivity index (χ0) is 26.6. The Morgan fingerprint density at radius 2 is 2.05 bits per heavy atom. The summed E-state index contributed by atoms with van der Waals surface area (Å²) < 4.78 is 17.0. The van der Waals surface area contributed by atoms with Gasteiger partial charge in [-0.25, -0.2) is 9.97 Å². The highest BCUT2D eigenvalue weighted by molar-refractivity contribution is 5.79. The minimum Gasteiger partial charge on any atom is -0.461 e. The number of ether oxygens (including phenoxy) is 3. The number of nitrogens with two attached hydrogens (primary N) is 2. The lowest BCUT2D eigenvalue weighted by atomic mass is 10.1. The van der Waals surface area contributed by atoms with Crippen molar-refractivity contribution in [1.29, 1.82) is 0 Å². The maximum absolute atomic E-state index is 12.2. The van der Waals surface area contributed by atoms with Crippen LogP contribution in [-0.4, -0.2) is 84.5 Å².